The van der Waals surface area contributed by atoms with Crippen molar-refractivity contribution in [2.75, 3.05) is 20.6 Å². The third kappa shape index (κ3) is 16.6. The lowest BCUT2D eigenvalue weighted by molar-refractivity contribution is 0.389. The highest BCUT2D eigenvalue weighted by Gasteiger charge is 1.96. The molecule has 0 aliphatic carbocycles. The molecule has 0 saturated carbocycles. The van der Waals surface area contributed by atoms with E-state index in [-0.39, 0.29) is 5.48 Å². The van der Waals surface area contributed by atoms with Gasteiger partial charge in [-0.15, -0.1) is 0 Å². The van der Waals surface area contributed by atoms with Gasteiger partial charge in [0, 0.05) is 0 Å². The van der Waals surface area contributed by atoms with Crippen LogP contribution in [0.1, 0.15) is 95.5 Å². The van der Waals surface area contributed by atoms with E-state index in [1.807, 2.05) is 0 Å². The van der Waals surface area contributed by atoms with Crippen LogP contribution in [0.4, 0.5) is 0 Å². The molecule has 0 saturated heterocycles. The molecule has 0 atom stereocenters. The van der Waals surface area contributed by atoms with Gasteiger partial charge in [-0.3, -0.25) is 0 Å². The van der Waals surface area contributed by atoms with E-state index in [4.69, 9.17) is 0 Å². The van der Waals surface area contributed by atoms with Crippen LogP contribution in [0.15, 0.2) is 30.3 Å². The van der Waals surface area contributed by atoms with E-state index in [9.17, 15) is 0 Å². The Morgan fingerprint density at radius 3 is 1.35 bits per heavy atom. The predicted octanol–water partition coefficient (Wildman–Crippen LogP) is 6.43. The molecule has 0 radical (unpaired) electrons. The summed E-state index contributed by atoms with van der Waals surface area (Å²) in [6.07, 6.45) is 21.4. The predicted molar refractivity (Wildman–Crippen MR) is 117 cm³/mol. The lowest BCUT2D eigenvalue weighted by Crippen LogP contribution is -2.12. The van der Waals surface area contributed by atoms with Crippen LogP contribution in [0.5, 0.6) is 0 Å². The Hall–Kier alpha value is -0.860. The van der Waals surface area contributed by atoms with Crippen molar-refractivity contribution in [2.24, 2.45) is 0 Å². The second-order valence-corrected chi connectivity index (χ2v) is 7.99. The fourth-order valence-electron chi connectivity index (χ4n) is 3.52. The summed E-state index contributed by atoms with van der Waals surface area (Å²) in [6.45, 7) is 1.26. The molecule has 0 amide bonds. The average Bonchev–Trinajstić information content (AvgIpc) is 2.62. The lowest BCUT2D eigenvalue weighted by Gasteiger charge is -2.08. The average molecular weight is 364 g/mol. The molecule has 0 aliphatic rings. The Kier molecular flexibility index (Phi) is 18.3. The maximum atomic E-state index is 2.29. The van der Waals surface area contributed by atoms with Crippen molar-refractivity contribution >= 4 is 0 Å². The first-order chi connectivity index (χ1) is 12.3. The fraction of sp³-hybridized carbons (Fsp3) is 0.750. The molecule has 0 bridgehead atoms. The monoisotopic (exact) mass is 363 g/mol. The van der Waals surface area contributed by atoms with Crippen LogP contribution in [-0.2, 0) is 6.42 Å². The van der Waals surface area contributed by atoms with E-state index in [0.29, 0.717) is 0 Å². The molecule has 2 heteroatoms. The molecular weight excluding hydrogens is 318 g/mol. The summed E-state index contributed by atoms with van der Waals surface area (Å²) < 4.78 is 0. The minimum absolute atomic E-state index is 0. The molecule has 0 heterocycles. The third-order valence-electron chi connectivity index (χ3n) is 5.16. The van der Waals surface area contributed by atoms with Gasteiger partial charge in [-0.25, -0.2) is 0 Å². The van der Waals surface area contributed by atoms with Gasteiger partial charge in [0.2, 0.25) is 0 Å². The molecule has 1 rings (SSSR count). The number of nitrogens with zero attached hydrogens (tertiary/aromatic N) is 1. The maximum absolute atomic E-state index is 2.29. The summed E-state index contributed by atoms with van der Waals surface area (Å²) in [5.41, 5.74) is 1.50. The Morgan fingerprint density at radius 2 is 0.923 bits per heavy atom. The van der Waals surface area contributed by atoms with Crippen molar-refractivity contribution in [3.63, 3.8) is 0 Å². The van der Waals surface area contributed by atoms with E-state index in [1.54, 1.807) is 0 Å². The van der Waals surface area contributed by atoms with Crippen molar-refractivity contribution in [2.45, 2.75) is 96.3 Å². The van der Waals surface area contributed by atoms with Gasteiger partial charge in [-0.05, 0) is 45.5 Å². The lowest BCUT2D eigenvalue weighted by atomic mass is 10.0. The SMILES string of the molecule is CN(C)CCCCCCCCCCCCCCCCc1ccccc1.O. The molecule has 2 nitrogen and oxygen atoms in total. The van der Waals surface area contributed by atoms with Crippen molar-refractivity contribution < 1.29 is 5.48 Å². The molecule has 0 fully saturated rings. The van der Waals surface area contributed by atoms with E-state index in [0.717, 1.165) is 0 Å². The summed E-state index contributed by atoms with van der Waals surface area (Å²) in [5, 5.41) is 0. The summed E-state index contributed by atoms with van der Waals surface area (Å²) in [6, 6.07) is 10.9. The van der Waals surface area contributed by atoms with Crippen LogP contribution in [0.2, 0.25) is 0 Å². The van der Waals surface area contributed by atoms with Gasteiger partial charge in [-0.2, -0.15) is 0 Å². The van der Waals surface area contributed by atoms with Gasteiger partial charge in [0.1, 0.15) is 0 Å². The number of hydrogen-bond acceptors (Lipinski definition) is 1. The minimum Gasteiger partial charge on any atom is -0.412 e. The van der Waals surface area contributed by atoms with Gasteiger partial charge in [0.25, 0.3) is 0 Å². The quantitative estimate of drug-likeness (QED) is 0.294. The summed E-state index contributed by atoms with van der Waals surface area (Å²) in [4.78, 5) is 2.29. The van der Waals surface area contributed by atoms with Crippen molar-refractivity contribution in [1.82, 2.24) is 4.90 Å². The topological polar surface area (TPSA) is 34.7 Å². The Morgan fingerprint density at radius 1 is 0.538 bits per heavy atom. The van der Waals surface area contributed by atoms with Crippen molar-refractivity contribution in [1.29, 1.82) is 0 Å². The standard InChI is InChI=1S/C24H43N.H2O/c1-25(2)23-19-14-12-10-8-6-4-3-5-7-9-11-13-16-20-24-21-17-15-18-22-24;/h15,17-18,21-22H,3-14,16,19-20,23H2,1-2H3;1H2. The van der Waals surface area contributed by atoms with E-state index < -0.39 is 0 Å². The smallest absolute Gasteiger partial charge is 0.00248 e. The number of rotatable bonds is 17. The first kappa shape index (κ1) is 25.1. The summed E-state index contributed by atoms with van der Waals surface area (Å²) in [7, 11) is 4.34. The fourth-order valence-corrected chi connectivity index (χ4v) is 3.52. The van der Waals surface area contributed by atoms with Gasteiger partial charge in [0.15, 0.2) is 0 Å². The van der Waals surface area contributed by atoms with E-state index >= 15 is 0 Å². The molecule has 0 spiro atoms. The molecule has 0 aliphatic heterocycles. The molecule has 1 aromatic rings. The first-order valence-corrected chi connectivity index (χ1v) is 11.0. The first-order valence-electron chi connectivity index (χ1n) is 11.0. The number of benzene rings is 1. The highest BCUT2D eigenvalue weighted by molar-refractivity contribution is 5.14. The molecule has 1 aromatic carbocycles. The minimum atomic E-state index is 0. The van der Waals surface area contributed by atoms with E-state index in [2.05, 4.69) is 49.3 Å². The van der Waals surface area contributed by atoms with Crippen LogP contribution in [0, 0.1) is 0 Å². The highest BCUT2D eigenvalue weighted by Crippen LogP contribution is 2.14. The van der Waals surface area contributed by atoms with Crippen molar-refractivity contribution in [3.8, 4) is 0 Å². The Balaban J connectivity index is 0.00000625. The largest absolute Gasteiger partial charge is 0.412 e. The maximum Gasteiger partial charge on any atom is -0.00248 e. The molecule has 0 aromatic heterocycles. The van der Waals surface area contributed by atoms with Crippen molar-refractivity contribution in [3.05, 3.63) is 35.9 Å². The molecule has 152 valence electrons. The third-order valence-corrected chi connectivity index (χ3v) is 5.16. The zero-order chi connectivity index (χ0) is 18.0. The van der Waals surface area contributed by atoms with Crippen LogP contribution >= 0.6 is 0 Å². The normalized spacial score (nSPS) is 10.9. The highest BCUT2D eigenvalue weighted by atomic mass is 16.0. The molecule has 26 heavy (non-hydrogen) atoms. The molecule has 2 N–H and O–H groups in total. The van der Waals surface area contributed by atoms with Crippen LogP contribution in [0.25, 0.3) is 0 Å². The van der Waals surface area contributed by atoms with Gasteiger partial charge >= 0.3 is 0 Å². The zero-order valence-electron chi connectivity index (χ0n) is 17.6. The summed E-state index contributed by atoms with van der Waals surface area (Å²) in [5.74, 6) is 0. The second kappa shape index (κ2) is 18.9. The van der Waals surface area contributed by atoms with Gasteiger partial charge in [0.05, 0.1) is 0 Å². The summed E-state index contributed by atoms with van der Waals surface area (Å²) >= 11 is 0. The molecular formula is C24H45NO. The number of aryl methyl sites for hydroxylation is 1. The number of unbranched alkanes of at least 4 members (excludes halogenated alkanes) is 13. The van der Waals surface area contributed by atoms with Crippen LogP contribution in [0.3, 0.4) is 0 Å². The van der Waals surface area contributed by atoms with Crippen LogP contribution < -0.4 is 0 Å². The second-order valence-electron chi connectivity index (χ2n) is 7.99. The van der Waals surface area contributed by atoms with Gasteiger partial charge in [-0.1, -0.05) is 107 Å². The number of hydrogen-bond donors (Lipinski definition) is 0. The van der Waals surface area contributed by atoms with Crippen LogP contribution in [-0.4, -0.2) is 31.0 Å². The zero-order valence-corrected chi connectivity index (χ0v) is 17.6. The van der Waals surface area contributed by atoms with Gasteiger partial charge < -0.3 is 10.4 Å². The van der Waals surface area contributed by atoms with E-state index in [1.165, 1.54) is 108 Å². The Bertz CT molecular complexity index is 377. The Labute approximate surface area is 163 Å². The molecule has 0 unspecified atom stereocenters.